The predicted octanol–water partition coefficient (Wildman–Crippen LogP) is 3.15. The van der Waals surface area contributed by atoms with Gasteiger partial charge in [0.2, 0.25) is 0 Å². The third-order valence-electron chi connectivity index (χ3n) is 6.14. The van der Waals surface area contributed by atoms with Gasteiger partial charge >= 0.3 is 11.9 Å². The first-order valence-corrected chi connectivity index (χ1v) is 9.65. The van der Waals surface area contributed by atoms with Crippen LogP contribution >= 0.6 is 0 Å². The Morgan fingerprint density at radius 2 is 1.79 bits per heavy atom. The van der Waals surface area contributed by atoms with Crippen LogP contribution in [0.4, 0.5) is 0 Å². The molecular formula is C23H25NO4. The van der Waals surface area contributed by atoms with Gasteiger partial charge in [-0.1, -0.05) is 60.7 Å². The molecule has 0 aromatic heterocycles. The Morgan fingerprint density at radius 1 is 1.14 bits per heavy atom. The zero-order valence-corrected chi connectivity index (χ0v) is 16.2. The number of likely N-dealkylation sites (tertiary alicyclic amines) is 1. The number of carbonyl (C=O) groups excluding carboxylic acids is 2. The van der Waals surface area contributed by atoms with Crippen molar-refractivity contribution in [2.24, 2.45) is 5.92 Å². The van der Waals surface area contributed by atoms with E-state index in [1.807, 2.05) is 55.5 Å². The largest absolute Gasteiger partial charge is 0.469 e. The van der Waals surface area contributed by atoms with Gasteiger partial charge in [0.25, 0.3) is 0 Å². The fraction of sp³-hybridized carbons (Fsp3) is 0.391. The molecule has 0 N–H and O–H groups in total. The summed E-state index contributed by atoms with van der Waals surface area (Å²) >= 11 is 0. The summed E-state index contributed by atoms with van der Waals surface area (Å²) in [5.41, 5.74) is 1.36. The average Bonchev–Trinajstić information content (AvgIpc) is 3.03. The number of hydrogen-bond donors (Lipinski definition) is 0. The maximum Gasteiger partial charge on any atom is 0.310 e. The number of methoxy groups -OCH3 is 1. The van der Waals surface area contributed by atoms with Crippen LogP contribution in [0.3, 0.4) is 0 Å². The topological polar surface area (TPSA) is 55.8 Å². The second kappa shape index (κ2) is 7.40. The van der Waals surface area contributed by atoms with E-state index in [1.54, 1.807) is 0 Å². The highest BCUT2D eigenvalue weighted by Gasteiger charge is 2.60. The lowest BCUT2D eigenvalue weighted by Crippen LogP contribution is -2.61. The van der Waals surface area contributed by atoms with Gasteiger partial charge in [0.05, 0.1) is 25.5 Å². The van der Waals surface area contributed by atoms with E-state index in [0.717, 1.165) is 11.1 Å². The number of carbonyl (C=O) groups is 2. The van der Waals surface area contributed by atoms with Gasteiger partial charge in [-0.15, -0.1) is 0 Å². The zero-order chi connectivity index (χ0) is 19.7. The summed E-state index contributed by atoms with van der Waals surface area (Å²) in [5, 5.41) is 0. The van der Waals surface area contributed by atoms with Crippen LogP contribution in [-0.2, 0) is 25.6 Å². The Morgan fingerprint density at radius 3 is 2.43 bits per heavy atom. The molecule has 4 atom stereocenters. The maximum absolute atomic E-state index is 12.8. The summed E-state index contributed by atoms with van der Waals surface area (Å²) < 4.78 is 11.1. The first-order chi connectivity index (χ1) is 13.5. The van der Waals surface area contributed by atoms with E-state index in [1.165, 1.54) is 7.11 Å². The van der Waals surface area contributed by atoms with Crippen LogP contribution in [0, 0.1) is 5.92 Å². The monoisotopic (exact) mass is 379 g/mol. The Labute approximate surface area is 165 Å². The van der Waals surface area contributed by atoms with E-state index in [-0.39, 0.29) is 23.9 Å². The standard InChI is InChI=1S/C23H25NO4/c1-23-19(13-20(25)28-23)24(14-16-9-5-3-6-10-16)15-18(22(26)27-2)21(23)17-11-7-4-8-12-17/h3-12,18-19,21H,13-15H2,1-2H3/t18-,19+,21+,23-/m0/s1. The Balaban J connectivity index is 1.76. The Kier molecular flexibility index (Phi) is 4.94. The highest BCUT2D eigenvalue weighted by atomic mass is 16.6. The zero-order valence-electron chi connectivity index (χ0n) is 16.2. The molecule has 2 fully saturated rings. The predicted molar refractivity (Wildman–Crippen MR) is 104 cm³/mol. The minimum atomic E-state index is -0.787. The van der Waals surface area contributed by atoms with Crippen LogP contribution in [0.25, 0.3) is 0 Å². The van der Waals surface area contributed by atoms with Gasteiger partial charge < -0.3 is 9.47 Å². The highest BCUT2D eigenvalue weighted by Crippen LogP contribution is 2.50. The molecule has 0 radical (unpaired) electrons. The highest BCUT2D eigenvalue weighted by molar-refractivity contribution is 5.77. The fourth-order valence-electron chi connectivity index (χ4n) is 4.94. The van der Waals surface area contributed by atoms with Crippen molar-refractivity contribution in [3.63, 3.8) is 0 Å². The summed E-state index contributed by atoms with van der Waals surface area (Å²) in [6, 6.07) is 19.9. The summed E-state index contributed by atoms with van der Waals surface area (Å²) in [6.45, 7) is 3.15. The van der Waals surface area contributed by atoms with Crippen LogP contribution in [0.15, 0.2) is 60.7 Å². The lowest BCUT2D eigenvalue weighted by atomic mass is 9.67. The van der Waals surface area contributed by atoms with Crippen LogP contribution < -0.4 is 0 Å². The minimum Gasteiger partial charge on any atom is -0.469 e. The molecule has 0 amide bonds. The van der Waals surface area contributed by atoms with Crippen molar-refractivity contribution < 1.29 is 19.1 Å². The van der Waals surface area contributed by atoms with Gasteiger partial charge in [-0.3, -0.25) is 14.5 Å². The molecule has 0 spiro atoms. The Hall–Kier alpha value is -2.66. The number of nitrogens with zero attached hydrogens (tertiary/aromatic N) is 1. The first-order valence-electron chi connectivity index (χ1n) is 9.65. The number of benzene rings is 2. The molecule has 0 bridgehead atoms. The third-order valence-corrected chi connectivity index (χ3v) is 6.14. The van der Waals surface area contributed by atoms with Crippen molar-refractivity contribution >= 4 is 11.9 Å². The molecular weight excluding hydrogens is 354 g/mol. The number of fused-ring (bicyclic) bond motifs is 1. The summed E-state index contributed by atoms with van der Waals surface area (Å²) in [6.07, 6.45) is 0.334. The second-order valence-corrected chi connectivity index (χ2v) is 7.81. The third kappa shape index (κ3) is 3.20. The molecule has 0 aliphatic carbocycles. The SMILES string of the molecule is COC(=O)[C@H]1CN(Cc2ccccc2)[C@@H]2CC(=O)O[C@]2(C)[C@@H]1c1ccccc1. The smallest absolute Gasteiger partial charge is 0.310 e. The molecule has 2 saturated heterocycles. The van der Waals surface area contributed by atoms with Crippen LogP contribution in [0.1, 0.15) is 30.4 Å². The summed E-state index contributed by atoms with van der Waals surface area (Å²) in [4.78, 5) is 27.4. The van der Waals surface area contributed by atoms with Gasteiger partial charge in [0.15, 0.2) is 0 Å². The van der Waals surface area contributed by atoms with Crippen molar-refractivity contribution in [1.29, 1.82) is 0 Å². The van der Waals surface area contributed by atoms with Crippen molar-refractivity contribution in [3.8, 4) is 0 Å². The van der Waals surface area contributed by atoms with Crippen molar-refractivity contribution in [2.75, 3.05) is 13.7 Å². The molecule has 28 heavy (non-hydrogen) atoms. The van der Waals surface area contributed by atoms with E-state index >= 15 is 0 Å². The lowest BCUT2D eigenvalue weighted by Gasteiger charge is -2.50. The van der Waals surface area contributed by atoms with E-state index in [2.05, 4.69) is 17.0 Å². The van der Waals surface area contributed by atoms with Gasteiger partial charge in [-0.05, 0) is 18.1 Å². The molecule has 146 valence electrons. The average molecular weight is 379 g/mol. The molecule has 4 rings (SSSR count). The van der Waals surface area contributed by atoms with E-state index < -0.39 is 11.5 Å². The van der Waals surface area contributed by atoms with Crippen molar-refractivity contribution in [2.45, 2.75) is 37.5 Å². The molecule has 0 saturated carbocycles. The summed E-state index contributed by atoms with van der Waals surface area (Å²) in [5.74, 6) is -1.14. The second-order valence-electron chi connectivity index (χ2n) is 7.81. The van der Waals surface area contributed by atoms with Crippen LogP contribution in [-0.4, -0.2) is 42.1 Å². The molecule has 2 heterocycles. The molecule has 2 aliphatic heterocycles. The van der Waals surface area contributed by atoms with Crippen molar-refractivity contribution in [3.05, 3.63) is 71.8 Å². The van der Waals surface area contributed by atoms with E-state index in [9.17, 15) is 9.59 Å². The minimum absolute atomic E-state index is 0.0914. The molecule has 2 aliphatic rings. The lowest BCUT2D eigenvalue weighted by molar-refractivity contribution is -0.167. The molecule has 5 nitrogen and oxygen atoms in total. The number of rotatable bonds is 4. The molecule has 5 heteroatoms. The van der Waals surface area contributed by atoms with E-state index in [0.29, 0.717) is 19.5 Å². The van der Waals surface area contributed by atoms with Gasteiger partial charge in [0.1, 0.15) is 5.60 Å². The van der Waals surface area contributed by atoms with Crippen molar-refractivity contribution in [1.82, 2.24) is 4.90 Å². The number of hydrogen-bond acceptors (Lipinski definition) is 5. The maximum atomic E-state index is 12.8. The number of ether oxygens (including phenoxy) is 2. The number of esters is 2. The molecule has 2 aromatic rings. The molecule has 0 unspecified atom stereocenters. The number of piperidine rings is 1. The Bertz CT molecular complexity index is 853. The normalized spacial score (nSPS) is 29.8. The van der Waals surface area contributed by atoms with Gasteiger partial charge in [0, 0.05) is 19.0 Å². The van der Waals surface area contributed by atoms with Crippen LogP contribution in [0.5, 0.6) is 0 Å². The van der Waals surface area contributed by atoms with Crippen LogP contribution in [0.2, 0.25) is 0 Å². The van der Waals surface area contributed by atoms with Gasteiger partial charge in [-0.25, -0.2) is 0 Å². The summed E-state index contributed by atoms with van der Waals surface area (Å²) in [7, 11) is 1.42. The quantitative estimate of drug-likeness (QED) is 0.764. The molecule has 2 aromatic carbocycles. The first kappa shape index (κ1) is 18.7. The van der Waals surface area contributed by atoms with E-state index in [4.69, 9.17) is 9.47 Å². The fourth-order valence-corrected chi connectivity index (χ4v) is 4.94. The van der Waals surface area contributed by atoms with Gasteiger partial charge in [-0.2, -0.15) is 0 Å².